The first-order valence-corrected chi connectivity index (χ1v) is 8.59. The summed E-state index contributed by atoms with van der Waals surface area (Å²) in [6.45, 7) is 7.24. The van der Waals surface area contributed by atoms with E-state index < -0.39 is 0 Å². The Morgan fingerprint density at radius 3 is 2.65 bits per heavy atom. The van der Waals surface area contributed by atoms with Crippen molar-refractivity contribution in [1.29, 1.82) is 0 Å². The second kappa shape index (κ2) is 7.77. The van der Waals surface area contributed by atoms with E-state index in [9.17, 15) is 0 Å². The maximum atomic E-state index is 6.34. The number of rotatable bonds is 6. The average Bonchev–Trinajstić information content (AvgIpc) is 2.46. The third-order valence-corrected chi connectivity index (χ3v) is 5.32. The Kier molecular flexibility index (Phi) is 6.31. The highest BCUT2D eigenvalue weighted by Crippen LogP contribution is 2.40. The number of hydrogen-bond donors (Lipinski definition) is 1. The van der Waals surface area contributed by atoms with Gasteiger partial charge in [0.25, 0.3) is 0 Å². The minimum Gasteiger partial charge on any atom is -0.381 e. The molecule has 0 amide bonds. The molecule has 3 nitrogen and oxygen atoms in total. The van der Waals surface area contributed by atoms with Gasteiger partial charge in [0.05, 0.1) is 5.60 Å². The van der Waals surface area contributed by atoms with Crippen LogP contribution in [0.4, 0.5) is 0 Å². The molecule has 3 unspecified atom stereocenters. The molecule has 1 aliphatic heterocycles. The van der Waals surface area contributed by atoms with E-state index in [0.29, 0.717) is 6.04 Å². The zero-order valence-corrected chi connectivity index (χ0v) is 13.6. The molecule has 0 aromatic carbocycles. The van der Waals surface area contributed by atoms with Crippen molar-refractivity contribution in [3.05, 3.63) is 0 Å². The molecular weight excluding hydrogens is 250 g/mol. The number of hydrogen-bond acceptors (Lipinski definition) is 3. The van der Waals surface area contributed by atoms with Crippen molar-refractivity contribution in [2.45, 2.75) is 70.4 Å². The summed E-state index contributed by atoms with van der Waals surface area (Å²) in [7, 11) is 2.12. The molecule has 3 atom stereocenters. The molecule has 0 spiro atoms. The van der Waals surface area contributed by atoms with Gasteiger partial charge in [-0.3, -0.25) is 0 Å². The molecule has 2 rings (SSSR count). The third-order valence-electron chi connectivity index (χ3n) is 5.32. The predicted molar refractivity (Wildman–Crippen MR) is 83.0 cm³/mol. The molecular formula is C17H33NO2. The van der Waals surface area contributed by atoms with E-state index in [4.69, 9.17) is 9.47 Å². The van der Waals surface area contributed by atoms with Crippen molar-refractivity contribution in [2.24, 2.45) is 11.8 Å². The van der Waals surface area contributed by atoms with Crippen LogP contribution in [0.3, 0.4) is 0 Å². The first kappa shape index (κ1) is 16.3. The molecule has 1 heterocycles. The Morgan fingerprint density at radius 1 is 1.30 bits per heavy atom. The van der Waals surface area contributed by atoms with Crippen molar-refractivity contribution >= 4 is 0 Å². The maximum Gasteiger partial charge on any atom is 0.0837 e. The molecule has 0 bridgehead atoms. The largest absolute Gasteiger partial charge is 0.381 e. The fourth-order valence-electron chi connectivity index (χ4n) is 4.29. The highest BCUT2D eigenvalue weighted by molar-refractivity contribution is 4.97. The topological polar surface area (TPSA) is 30.5 Å². The molecule has 2 aliphatic rings. The van der Waals surface area contributed by atoms with E-state index >= 15 is 0 Å². The molecule has 118 valence electrons. The monoisotopic (exact) mass is 283 g/mol. The molecule has 0 aromatic rings. The van der Waals surface area contributed by atoms with Crippen LogP contribution < -0.4 is 5.32 Å². The van der Waals surface area contributed by atoms with E-state index in [2.05, 4.69) is 26.2 Å². The maximum absolute atomic E-state index is 6.34. The summed E-state index contributed by atoms with van der Waals surface area (Å²) in [5, 5.41) is 3.60. The summed E-state index contributed by atoms with van der Waals surface area (Å²) in [5.41, 5.74) is 0.0689. The van der Waals surface area contributed by atoms with Crippen LogP contribution in [0.2, 0.25) is 0 Å². The second-order valence-electron chi connectivity index (χ2n) is 6.83. The van der Waals surface area contributed by atoms with Crippen LogP contribution >= 0.6 is 0 Å². The van der Waals surface area contributed by atoms with Gasteiger partial charge in [0.2, 0.25) is 0 Å². The number of ether oxygens (including phenoxy) is 2. The highest BCUT2D eigenvalue weighted by Gasteiger charge is 2.42. The Morgan fingerprint density at radius 2 is 2.05 bits per heavy atom. The highest BCUT2D eigenvalue weighted by atomic mass is 16.5. The zero-order valence-electron chi connectivity index (χ0n) is 13.6. The molecule has 0 radical (unpaired) electrons. The van der Waals surface area contributed by atoms with Crippen LogP contribution in [-0.4, -0.2) is 38.5 Å². The molecule has 1 aliphatic carbocycles. The Hall–Kier alpha value is -0.120. The van der Waals surface area contributed by atoms with Crippen LogP contribution in [0.15, 0.2) is 0 Å². The van der Waals surface area contributed by atoms with Gasteiger partial charge in [-0.2, -0.15) is 0 Å². The van der Waals surface area contributed by atoms with Crippen LogP contribution in [0.25, 0.3) is 0 Å². The summed E-state index contributed by atoms with van der Waals surface area (Å²) >= 11 is 0. The van der Waals surface area contributed by atoms with E-state index in [0.717, 1.165) is 31.7 Å². The minimum atomic E-state index is 0.0689. The summed E-state index contributed by atoms with van der Waals surface area (Å²) in [4.78, 5) is 0. The lowest BCUT2D eigenvalue weighted by molar-refractivity contribution is -0.105. The molecule has 3 heteroatoms. The van der Waals surface area contributed by atoms with Gasteiger partial charge in [-0.15, -0.1) is 0 Å². The van der Waals surface area contributed by atoms with E-state index in [1.54, 1.807) is 0 Å². The van der Waals surface area contributed by atoms with Gasteiger partial charge in [-0.05, 0) is 57.9 Å². The van der Waals surface area contributed by atoms with Gasteiger partial charge in [-0.25, -0.2) is 0 Å². The van der Waals surface area contributed by atoms with Gasteiger partial charge in [-0.1, -0.05) is 19.8 Å². The van der Waals surface area contributed by atoms with Crippen LogP contribution in [0.5, 0.6) is 0 Å². The Labute approximate surface area is 124 Å². The van der Waals surface area contributed by atoms with E-state index in [1.165, 1.54) is 44.9 Å². The molecule has 2 fully saturated rings. The van der Waals surface area contributed by atoms with Crippen LogP contribution in [-0.2, 0) is 9.47 Å². The zero-order chi connectivity index (χ0) is 14.4. The molecule has 1 saturated heterocycles. The van der Waals surface area contributed by atoms with Gasteiger partial charge < -0.3 is 14.8 Å². The first-order chi connectivity index (χ1) is 9.70. The van der Waals surface area contributed by atoms with Crippen molar-refractivity contribution < 1.29 is 9.47 Å². The molecule has 20 heavy (non-hydrogen) atoms. The lowest BCUT2D eigenvalue weighted by Crippen LogP contribution is -2.54. The molecule has 1 N–H and O–H groups in total. The third kappa shape index (κ3) is 3.96. The predicted octanol–water partition coefficient (Wildman–Crippen LogP) is 3.38. The number of nitrogens with one attached hydrogen (secondary N) is 1. The Bertz CT molecular complexity index is 274. The van der Waals surface area contributed by atoms with Crippen LogP contribution in [0, 0.1) is 11.8 Å². The van der Waals surface area contributed by atoms with Gasteiger partial charge in [0.15, 0.2) is 0 Å². The van der Waals surface area contributed by atoms with Crippen LogP contribution in [0.1, 0.15) is 58.8 Å². The molecule has 1 saturated carbocycles. The lowest BCUT2D eigenvalue weighted by atomic mass is 9.72. The normalized spacial score (nSPS) is 34.0. The SMILES string of the molecule is CCOC1(C(CC2CCOCC2)NC)CCCC(C)C1. The van der Waals surface area contributed by atoms with Gasteiger partial charge in [0.1, 0.15) is 0 Å². The van der Waals surface area contributed by atoms with Crippen molar-refractivity contribution in [2.75, 3.05) is 26.9 Å². The van der Waals surface area contributed by atoms with Crippen molar-refractivity contribution in [1.82, 2.24) is 5.32 Å². The van der Waals surface area contributed by atoms with Crippen molar-refractivity contribution in [3.63, 3.8) is 0 Å². The van der Waals surface area contributed by atoms with E-state index in [1.807, 2.05) is 0 Å². The molecule has 0 aromatic heterocycles. The summed E-state index contributed by atoms with van der Waals surface area (Å²) in [5.74, 6) is 1.59. The van der Waals surface area contributed by atoms with Gasteiger partial charge in [0, 0.05) is 25.9 Å². The smallest absolute Gasteiger partial charge is 0.0837 e. The summed E-state index contributed by atoms with van der Waals surface area (Å²) < 4.78 is 11.8. The Balaban J connectivity index is 2.03. The fourth-order valence-corrected chi connectivity index (χ4v) is 4.29. The first-order valence-electron chi connectivity index (χ1n) is 8.59. The lowest BCUT2D eigenvalue weighted by Gasteiger charge is -2.46. The van der Waals surface area contributed by atoms with Crippen molar-refractivity contribution in [3.8, 4) is 0 Å². The minimum absolute atomic E-state index is 0.0689. The van der Waals surface area contributed by atoms with E-state index in [-0.39, 0.29) is 5.60 Å². The standard InChI is InChI=1S/C17H33NO2/c1-4-20-17(9-5-6-14(2)13-17)16(18-3)12-15-7-10-19-11-8-15/h14-16,18H,4-13H2,1-3H3. The summed E-state index contributed by atoms with van der Waals surface area (Å²) in [6.07, 6.45) is 8.80. The average molecular weight is 283 g/mol. The quantitative estimate of drug-likeness (QED) is 0.810. The fraction of sp³-hybridized carbons (Fsp3) is 1.00. The number of likely N-dealkylation sites (N-methyl/N-ethyl adjacent to an activating group) is 1. The second-order valence-corrected chi connectivity index (χ2v) is 6.83. The van der Waals surface area contributed by atoms with Gasteiger partial charge >= 0.3 is 0 Å². The summed E-state index contributed by atoms with van der Waals surface area (Å²) in [6, 6.07) is 0.494.